The van der Waals surface area contributed by atoms with E-state index in [-0.39, 0.29) is 0 Å². The Morgan fingerprint density at radius 3 is 2.71 bits per heavy atom. The van der Waals surface area contributed by atoms with Crippen LogP contribution in [0.5, 0.6) is 0 Å². The summed E-state index contributed by atoms with van der Waals surface area (Å²) in [4.78, 5) is 2.54. The summed E-state index contributed by atoms with van der Waals surface area (Å²) in [6.45, 7) is 4.15. The van der Waals surface area contributed by atoms with Crippen LogP contribution < -0.4 is 10.2 Å². The highest BCUT2D eigenvalue weighted by molar-refractivity contribution is 5.55. The minimum Gasteiger partial charge on any atom is -0.366 e. The molecular weight excluding hydrogens is 256 g/mol. The van der Waals surface area contributed by atoms with Gasteiger partial charge in [0.1, 0.15) is 0 Å². The van der Waals surface area contributed by atoms with E-state index in [4.69, 9.17) is 0 Å². The number of benzene rings is 2. The Kier molecular flexibility index (Phi) is 3.40. The van der Waals surface area contributed by atoms with Gasteiger partial charge >= 0.3 is 0 Å². The molecule has 2 heteroatoms. The Bertz CT molecular complexity index is 631. The smallest absolute Gasteiger partial charge is 0.0432 e. The molecule has 0 bridgehead atoms. The third-order valence-electron chi connectivity index (χ3n) is 4.64. The molecule has 2 nitrogen and oxygen atoms in total. The van der Waals surface area contributed by atoms with Gasteiger partial charge in [-0.2, -0.15) is 0 Å². The second kappa shape index (κ2) is 5.53. The number of hydrogen-bond acceptors (Lipinski definition) is 2. The van der Waals surface area contributed by atoms with Crippen molar-refractivity contribution in [3.63, 3.8) is 0 Å². The number of fused-ring (bicyclic) bond motifs is 1. The molecule has 2 aromatic rings. The van der Waals surface area contributed by atoms with Crippen LogP contribution in [0.4, 0.5) is 5.69 Å². The van der Waals surface area contributed by atoms with E-state index >= 15 is 0 Å². The molecular formula is C19H22N2. The van der Waals surface area contributed by atoms with Crippen molar-refractivity contribution < 1.29 is 0 Å². The number of hydrogen-bond donors (Lipinski definition) is 1. The molecule has 1 saturated carbocycles. The molecule has 0 unspecified atom stereocenters. The molecule has 0 amide bonds. The summed E-state index contributed by atoms with van der Waals surface area (Å²) < 4.78 is 0. The van der Waals surface area contributed by atoms with Crippen LogP contribution in [0.15, 0.2) is 48.5 Å². The van der Waals surface area contributed by atoms with E-state index in [0.29, 0.717) is 0 Å². The highest BCUT2D eigenvalue weighted by Crippen LogP contribution is 2.42. The number of anilines is 1. The first kappa shape index (κ1) is 12.9. The lowest BCUT2D eigenvalue weighted by Gasteiger charge is -2.26. The topological polar surface area (TPSA) is 15.3 Å². The van der Waals surface area contributed by atoms with Crippen molar-refractivity contribution in [2.45, 2.75) is 31.8 Å². The van der Waals surface area contributed by atoms with E-state index in [2.05, 4.69) is 58.7 Å². The molecule has 108 valence electrons. The molecule has 0 radical (unpaired) electrons. The molecule has 0 saturated heterocycles. The van der Waals surface area contributed by atoms with Gasteiger partial charge in [0.15, 0.2) is 0 Å². The van der Waals surface area contributed by atoms with E-state index in [1.165, 1.54) is 29.7 Å². The predicted octanol–water partition coefficient (Wildman–Crippen LogP) is 3.67. The maximum atomic E-state index is 3.53. The molecule has 0 atom stereocenters. The maximum absolute atomic E-state index is 3.53. The highest BCUT2D eigenvalue weighted by Gasteiger charge is 2.26. The van der Waals surface area contributed by atoms with Gasteiger partial charge < -0.3 is 10.2 Å². The average molecular weight is 278 g/mol. The van der Waals surface area contributed by atoms with Crippen LogP contribution in [-0.4, -0.2) is 13.1 Å². The summed E-state index contributed by atoms with van der Waals surface area (Å²) in [7, 11) is 0. The summed E-state index contributed by atoms with van der Waals surface area (Å²) in [5, 5.41) is 3.53. The van der Waals surface area contributed by atoms with E-state index in [1.807, 2.05) is 0 Å². The van der Waals surface area contributed by atoms with Crippen LogP contribution >= 0.6 is 0 Å². The molecule has 1 fully saturated rings. The molecule has 1 heterocycles. The number of nitrogens with one attached hydrogen (secondary N) is 1. The number of nitrogens with zero attached hydrogens (tertiary/aromatic N) is 1. The van der Waals surface area contributed by atoms with E-state index in [1.54, 1.807) is 5.56 Å². The van der Waals surface area contributed by atoms with Crippen molar-refractivity contribution in [3.05, 3.63) is 65.2 Å². The second-order valence-corrected chi connectivity index (χ2v) is 6.20. The lowest BCUT2D eigenvalue weighted by Crippen LogP contribution is -2.28. The Morgan fingerprint density at radius 1 is 1.00 bits per heavy atom. The fourth-order valence-electron chi connectivity index (χ4n) is 3.37. The minimum absolute atomic E-state index is 0.821. The zero-order valence-electron chi connectivity index (χ0n) is 12.4. The summed E-state index contributed by atoms with van der Waals surface area (Å²) >= 11 is 0. The van der Waals surface area contributed by atoms with Gasteiger partial charge in [-0.3, -0.25) is 0 Å². The SMILES string of the molecule is c1ccc(C2CC2)c(CN2CCNCc3ccccc32)c1. The van der Waals surface area contributed by atoms with Gasteiger partial charge in [-0.25, -0.2) is 0 Å². The summed E-state index contributed by atoms with van der Waals surface area (Å²) in [6, 6.07) is 17.8. The zero-order chi connectivity index (χ0) is 14.1. The van der Waals surface area contributed by atoms with Crippen LogP contribution in [0.2, 0.25) is 0 Å². The quantitative estimate of drug-likeness (QED) is 0.921. The first-order chi connectivity index (χ1) is 10.4. The van der Waals surface area contributed by atoms with Gasteiger partial charge in [-0.15, -0.1) is 0 Å². The summed E-state index contributed by atoms with van der Waals surface area (Å²) in [5.74, 6) is 0.821. The highest BCUT2D eigenvalue weighted by atomic mass is 15.2. The minimum atomic E-state index is 0.821. The zero-order valence-corrected chi connectivity index (χ0v) is 12.4. The average Bonchev–Trinajstić information content (AvgIpc) is 3.36. The Balaban J connectivity index is 1.65. The molecule has 1 aliphatic carbocycles. The van der Waals surface area contributed by atoms with Crippen molar-refractivity contribution in [2.24, 2.45) is 0 Å². The van der Waals surface area contributed by atoms with Gasteiger partial charge in [0, 0.05) is 31.9 Å². The van der Waals surface area contributed by atoms with Crippen molar-refractivity contribution in [3.8, 4) is 0 Å². The van der Waals surface area contributed by atoms with Crippen LogP contribution in [-0.2, 0) is 13.1 Å². The normalized spacial score (nSPS) is 18.2. The molecule has 0 spiro atoms. The Hall–Kier alpha value is -1.80. The molecule has 2 aromatic carbocycles. The lowest BCUT2D eigenvalue weighted by molar-refractivity contribution is 0.687. The molecule has 2 aliphatic rings. The van der Waals surface area contributed by atoms with E-state index in [0.717, 1.165) is 32.1 Å². The standard InChI is InChI=1S/C19H22N2/c1-3-7-18(15-9-10-15)17(6-1)14-21-12-11-20-13-16-5-2-4-8-19(16)21/h1-8,15,20H,9-14H2. The monoisotopic (exact) mass is 278 g/mol. The van der Waals surface area contributed by atoms with E-state index in [9.17, 15) is 0 Å². The number of rotatable bonds is 3. The largest absolute Gasteiger partial charge is 0.366 e. The third-order valence-corrected chi connectivity index (χ3v) is 4.64. The fraction of sp³-hybridized carbons (Fsp3) is 0.368. The predicted molar refractivity (Wildman–Crippen MR) is 87.6 cm³/mol. The molecule has 0 aromatic heterocycles. The first-order valence-corrected chi connectivity index (χ1v) is 8.03. The van der Waals surface area contributed by atoms with Crippen LogP contribution in [0.25, 0.3) is 0 Å². The van der Waals surface area contributed by atoms with Gasteiger partial charge in [0.2, 0.25) is 0 Å². The van der Waals surface area contributed by atoms with Gasteiger partial charge in [-0.1, -0.05) is 42.5 Å². The molecule has 21 heavy (non-hydrogen) atoms. The van der Waals surface area contributed by atoms with Crippen molar-refractivity contribution in [1.29, 1.82) is 0 Å². The number of para-hydroxylation sites is 1. The third kappa shape index (κ3) is 2.68. The van der Waals surface area contributed by atoms with Crippen molar-refractivity contribution in [1.82, 2.24) is 5.32 Å². The lowest BCUT2D eigenvalue weighted by atomic mass is 10.0. The van der Waals surface area contributed by atoms with Crippen LogP contribution in [0.3, 0.4) is 0 Å². The molecule has 4 rings (SSSR count). The van der Waals surface area contributed by atoms with Gasteiger partial charge in [0.05, 0.1) is 0 Å². The summed E-state index contributed by atoms with van der Waals surface area (Å²) in [6.07, 6.45) is 2.74. The fourth-order valence-corrected chi connectivity index (χ4v) is 3.37. The Morgan fingerprint density at radius 2 is 1.81 bits per heavy atom. The Labute approximate surface area is 126 Å². The van der Waals surface area contributed by atoms with Crippen molar-refractivity contribution >= 4 is 5.69 Å². The maximum Gasteiger partial charge on any atom is 0.0432 e. The van der Waals surface area contributed by atoms with Crippen LogP contribution in [0.1, 0.15) is 35.4 Å². The summed E-state index contributed by atoms with van der Waals surface area (Å²) in [5.41, 5.74) is 5.90. The molecule has 1 N–H and O–H groups in total. The van der Waals surface area contributed by atoms with Gasteiger partial charge in [0.25, 0.3) is 0 Å². The van der Waals surface area contributed by atoms with Gasteiger partial charge in [-0.05, 0) is 41.5 Å². The molecule has 1 aliphatic heterocycles. The van der Waals surface area contributed by atoms with Crippen molar-refractivity contribution in [2.75, 3.05) is 18.0 Å². The van der Waals surface area contributed by atoms with E-state index < -0.39 is 0 Å². The van der Waals surface area contributed by atoms with Crippen LogP contribution in [0, 0.1) is 0 Å². The second-order valence-electron chi connectivity index (χ2n) is 6.20. The first-order valence-electron chi connectivity index (χ1n) is 8.03.